The number of benzene rings is 1. The molecule has 0 saturated carbocycles. The van der Waals surface area contributed by atoms with Gasteiger partial charge < -0.3 is 15.4 Å². The van der Waals surface area contributed by atoms with E-state index in [2.05, 4.69) is 0 Å². The van der Waals surface area contributed by atoms with Crippen LogP contribution in [0, 0.1) is 11.7 Å². The summed E-state index contributed by atoms with van der Waals surface area (Å²) in [5.74, 6) is -0.269. The molecule has 1 aromatic carbocycles. The number of ether oxygens (including phenoxy) is 1. The number of ketones is 1. The predicted octanol–water partition coefficient (Wildman–Crippen LogP) is 1.99. The number of methoxy groups -OCH3 is 1. The van der Waals surface area contributed by atoms with Gasteiger partial charge >= 0.3 is 0 Å². The summed E-state index contributed by atoms with van der Waals surface area (Å²) in [6.07, 6.45) is 2.14. The zero-order chi connectivity index (χ0) is 16.8. The van der Waals surface area contributed by atoms with Gasteiger partial charge in [0.2, 0.25) is 5.91 Å². The number of carbonyl (C=O) groups is 2. The summed E-state index contributed by atoms with van der Waals surface area (Å²) in [6.45, 7) is 2.09. The first-order valence-corrected chi connectivity index (χ1v) is 7.89. The number of hydrogen-bond acceptors (Lipinski definition) is 4. The molecular weight excluding hydrogens is 299 g/mol. The molecule has 1 unspecified atom stereocenters. The average Bonchev–Trinajstić information content (AvgIpc) is 3.01. The van der Waals surface area contributed by atoms with E-state index in [9.17, 15) is 14.0 Å². The molecule has 1 aliphatic rings. The van der Waals surface area contributed by atoms with E-state index in [0.29, 0.717) is 12.5 Å². The third-order valence-electron chi connectivity index (χ3n) is 4.25. The van der Waals surface area contributed by atoms with Crippen molar-refractivity contribution in [3.05, 3.63) is 29.6 Å². The minimum atomic E-state index is -0.575. The molecule has 6 heteroatoms. The Balaban J connectivity index is 1.84. The number of amides is 1. The van der Waals surface area contributed by atoms with Gasteiger partial charge in [0.1, 0.15) is 0 Å². The summed E-state index contributed by atoms with van der Waals surface area (Å²) >= 11 is 0. The van der Waals surface area contributed by atoms with Gasteiger partial charge in [-0.25, -0.2) is 4.39 Å². The van der Waals surface area contributed by atoms with Gasteiger partial charge in [-0.15, -0.1) is 0 Å². The normalized spacial score (nSPS) is 17.3. The zero-order valence-corrected chi connectivity index (χ0v) is 13.4. The highest BCUT2D eigenvalue weighted by atomic mass is 19.1. The Labute approximate surface area is 135 Å². The minimum Gasteiger partial charge on any atom is -0.494 e. The summed E-state index contributed by atoms with van der Waals surface area (Å²) in [7, 11) is 1.37. The number of rotatable bonds is 7. The number of nitrogens with two attached hydrogens (primary N) is 1. The highest BCUT2D eigenvalue weighted by Crippen LogP contribution is 2.21. The van der Waals surface area contributed by atoms with E-state index in [-0.39, 0.29) is 35.8 Å². The van der Waals surface area contributed by atoms with E-state index in [1.165, 1.54) is 19.2 Å². The minimum absolute atomic E-state index is 0.0214. The predicted molar refractivity (Wildman–Crippen MR) is 84.9 cm³/mol. The first-order chi connectivity index (χ1) is 11.0. The third kappa shape index (κ3) is 4.51. The van der Waals surface area contributed by atoms with Crippen LogP contribution < -0.4 is 10.5 Å². The highest BCUT2D eigenvalue weighted by Gasteiger charge is 2.25. The second kappa shape index (κ2) is 8.06. The molecule has 0 aromatic heterocycles. The van der Waals surface area contributed by atoms with Crippen LogP contribution in [0.1, 0.15) is 36.0 Å². The lowest BCUT2D eigenvalue weighted by Gasteiger charge is -2.16. The maximum atomic E-state index is 13.6. The number of nitrogens with zero attached hydrogens (tertiary/aromatic N) is 1. The molecule has 126 valence electrons. The Morgan fingerprint density at radius 3 is 2.83 bits per heavy atom. The summed E-state index contributed by atoms with van der Waals surface area (Å²) in [5, 5.41) is 0. The molecule has 1 aliphatic heterocycles. The lowest BCUT2D eigenvalue weighted by Crippen LogP contribution is -2.29. The zero-order valence-electron chi connectivity index (χ0n) is 13.4. The van der Waals surface area contributed by atoms with Gasteiger partial charge in [-0.3, -0.25) is 9.59 Å². The molecule has 0 spiro atoms. The molecule has 2 N–H and O–H groups in total. The van der Waals surface area contributed by atoms with Crippen molar-refractivity contribution in [3.8, 4) is 5.75 Å². The van der Waals surface area contributed by atoms with Gasteiger partial charge in [0.05, 0.1) is 7.11 Å². The van der Waals surface area contributed by atoms with Gasteiger partial charge in [0.15, 0.2) is 17.3 Å². The maximum absolute atomic E-state index is 13.6. The molecule has 1 heterocycles. The van der Waals surface area contributed by atoms with Gasteiger partial charge in [-0.05, 0) is 43.5 Å². The fourth-order valence-corrected chi connectivity index (χ4v) is 2.89. The molecule has 0 aliphatic carbocycles. The van der Waals surface area contributed by atoms with Crippen LogP contribution in [0.5, 0.6) is 5.75 Å². The monoisotopic (exact) mass is 322 g/mol. The van der Waals surface area contributed by atoms with Gasteiger partial charge in [0, 0.05) is 31.5 Å². The lowest BCUT2D eigenvalue weighted by atomic mass is 10.1. The van der Waals surface area contributed by atoms with Crippen molar-refractivity contribution in [1.29, 1.82) is 0 Å². The van der Waals surface area contributed by atoms with E-state index in [1.54, 1.807) is 4.90 Å². The van der Waals surface area contributed by atoms with Crippen molar-refractivity contribution in [2.75, 3.05) is 26.7 Å². The van der Waals surface area contributed by atoms with Crippen molar-refractivity contribution < 1.29 is 18.7 Å². The molecule has 1 aromatic rings. The van der Waals surface area contributed by atoms with Crippen LogP contribution in [0.15, 0.2) is 18.2 Å². The number of halogens is 1. The molecule has 1 fully saturated rings. The molecule has 0 radical (unpaired) electrons. The molecule has 23 heavy (non-hydrogen) atoms. The fraction of sp³-hybridized carbons (Fsp3) is 0.529. The lowest BCUT2D eigenvalue weighted by molar-refractivity contribution is -0.130. The maximum Gasteiger partial charge on any atom is 0.223 e. The Hall–Kier alpha value is -1.95. The van der Waals surface area contributed by atoms with E-state index >= 15 is 0 Å². The summed E-state index contributed by atoms with van der Waals surface area (Å²) in [6, 6.07) is 4.09. The van der Waals surface area contributed by atoms with Crippen molar-refractivity contribution >= 4 is 11.7 Å². The topological polar surface area (TPSA) is 72.6 Å². The Morgan fingerprint density at radius 1 is 1.39 bits per heavy atom. The molecule has 1 amide bonds. The van der Waals surface area contributed by atoms with Crippen LogP contribution >= 0.6 is 0 Å². The van der Waals surface area contributed by atoms with Crippen LogP contribution in [-0.4, -0.2) is 43.3 Å². The molecule has 5 nitrogen and oxygen atoms in total. The third-order valence-corrected chi connectivity index (χ3v) is 4.25. The Morgan fingerprint density at radius 2 is 2.17 bits per heavy atom. The number of likely N-dealkylation sites (tertiary alicyclic amines) is 1. The van der Waals surface area contributed by atoms with Crippen LogP contribution in [0.3, 0.4) is 0 Å². The SMILES string of the molecule is COc1ccc(C(=O)CCC(=O)N2CCC(CCN)C2)cc1F. The quantitative estimate of drug-likeness (QED) is 0.779. The van der Waals surface area contributed by atoms with Gasteiger partial charge in [-0.1, -0.05) is 0 Å². The number of Topliss-reactive ketones (excluding diaryl/α,β-unsaturated/α-hetero) is 1. The first-order valence-electron chi connectivity index (χ1n) is 7.89. The van der Waals surface area contributed by atoms with Crippen molar-refractivity contribution in [2.24, 2.45) is 11.7 Å². The second-order valence-corrected chi connectivity index (χ2v) is 5.84. The van der Waals surface area contributed by atoms with Crippen LogP contribution in [-0.2, 0) is 4.79 Å². The fourth-order valence-electron chi connectivity index (χ4n) is 2.89. The Kier molecular flexibility index (Phi) is 6.10. The highest BCUT2D eigenvalue weighted by molar-refractivity contribution is 5.98. The standard InChI is InChI=1S/C17H23FN2O3/c1-23-16-4-2-13(10-14(16)18)15(21)3-5-17(22)20-9-7-12(11-20)6-8-19/h2,4,10,12H,3,5-9,11,19H2,1H3. The van der Waals surface area contributed by atoms with E-state index in [0.717, 1.165) is 32.0 Å². The molecular formula is C17H23FN2O3. The average molecular weight is 322 g/mol. The van der Waals surface area contributed by atoms with Crippen LogP contribution in [0.2, 0.25) is 0 Å². The second-order valence-electron chi connectivity index (χ2n) is 5.84. The molecule has 1 atom stereocenters. The summed E-state index contributed by atoms with van der Waals surface area (Å²) < 4.78 is 18.4. The van der Waals surface area contributed by atoms with E-state index < -0.39 is 5.82 Å². The smallest absolute Gasteiger partial charge is 0.223 e. The largest absolute Gasteiger partial charge is 0.494 e. The number of carbonyl (C=O) groups excluding carboxylic acids is 2. The van der Waals surface area contributed by atoms with Crippen LogP contribution in [0.25, 0.3) is 0 Å². The number of hydrogen-bond donors (Lipinski definition) is 1. The first kappa shape index (κ1) is 17.4. The van der Waals surface area contributed by atoms with Crippen molar-refractivity contribution in [2.45, 2.75) is 25.7 Å². The van der Waals surface area contributed by atoms with E-state index in [1.807, 2.05) is 0 Å². The van der Waals surface area contributed by atoms with Crippen molar-refractivity contribution in [3.63, 3.8) is 0 Å². The molecule has 0 bridgehead atoms. The molecule has 2 rings (SSSR count). The molecule has 1 saturated heterocycles. The summed E-state index contributed by atoms with van der Waals surface area (Å²) in [5.41, 5.74) is 5.80. The van der Waals surface area contributed by atoms with Gasteiger partial charge in [0.25, 0.3) is 0 Å². The summed E-state index contributed by atoms with van der Waals surface area (Å²) in [4.78, 5) is 26.0. The van der Waals surface area contributed by atoms with Gasteiger partial charge in [-0.2, -0.15) is 0 Å². The van der Waals surface area contributed by atoms with E-state index in [4.69, 9.17) is 10.5 Å². The van der Waals surface area contributed by atoms with Crippen LogP contribution in [0.4, 0.5) is 4.39 Å². The Bertz CT molecular complexity index is 577. The van der Waals surface area contributed by atoms with Crippen molar-refractivity contribution in [1.82, 2.24) is 4.90 Å².